The fraction of sp³-hybridized carbons (Fsp3) is 0.500. The summed E-state index contributed by atoms with van der Waals surface area (Å²) >= 11 is 2.71. The quantitative estimate of drug-likeness (QED) is 0.404. The van der Waals surface area contributed by atoms with Crippen molar-refractivity contribution < 1.29 is 4.79 Å². The average molecular weight is 155 g/mol. The minimum absolute atomic E-state index is 0.0301. The van der Waals surface area contributed by atoms with Gasteiger partial charge in [0, 0.05) is 6.16 Å². The minimum atomic E-state index is 0.0301. The summed E-state index contributed by atoms with van der Waals surface area (Å²) in [6.45, 7) is 0. The molecule has 5 heavy (non-hydrogen) atoms. The van der Waals surface area contributed by atoms with Crippen molar-refractivity contribution >= 4 is 29.9 Å². The molecule has 3 heteroatoms. The molecule has 0 bridgehead atoms. The van der Waals surface area contributed by atoms with Crippen LogP contribution in [-0.4, -0.2) is 10.9 Å². The van der Waals surface area contributed by atoms with Gasteiger partial charge in [-0.25, -0.2) is 0 Å². The maximum Gasteiger partial charge on any atom is 0.201 e. The number of halogens is 1. The highest BCUT2D eigenvalue weighted by Crippen LogP contribution is 1.87. The molecular formula is C2H4BrOP. The average Bonchev–Trinajstić information content (AvgIpc) is 1.38. The maximum absolute atomic E-state index is 9.71. The van der Waals surface area contributed by atoms with Gasteiger partial charge in [-0.3, -0.25) is 4.79 Å². The first-order valence-electron chi connectivity index (χ1n) is 1.15. The lowest BCUT2D eigenvalue weighted by atomic mass is 10.9. The third-order valence-electron chi connectivity index (χ3n) is 0.160. The van der Waals surface area contributed by atoms with Gasteiger partial charge in [-0.05, 0) is 15.9 Å². The van der Waals surface area contributed by atoms with Gasteiger partial charge < -0.3 is 0 Å². The third kappa shape index (κ3) is 4.58. The van der Waals surface area contributed by atoms with Gasteiger partial charge in [0.05, 0.1) is 0 Å². The van der Waals surface area contributed by atoms with E-state index >= 15 is 0 Å². The molecule has 1 nitrogen and oxygen atoms in total. The monoisotopic (exact) mass is 154 g/mol. The molecule has 0 heterocycles. The Labute approximate surface area is 41.5 Å². The van der Waals surface area contributed by atoms with Gasteiger partial charge in [0.25, 0.3) is 0 Å². The molecule has 0 rings (SSSR count). The normalized spacial score (nSPS) is 7.60. The van der Waals surface area contributed by atoms with E-state index in [1.807, 2.05) is 0 Å². The molecule has 0 aromatic carbocycles. The number of carbonyl (C=O) groups excluding carboxylic acids is 1. The third-order valence-corrected chi connectivity index (χ3v) is 1.45. The van der Waals surface area contributed by atoms with Crippen LogP contribution in [-0.2, 0) is 4.79 Å². The Balaban J connectivity index is 2.85. The number of hydrogen-bond donors (Lipinski definition) is 0. The van der Waals surface area contributed by atoms with Gasteiger partial charge in [-0.2, -0.15) is 0 Å². The van der Waals surface area contributed by atoms with E-state index in [1.54, 1.807) is 0 Å². The topological polar surface area (TPSA) is 17.1 Å². The summed E-state index contributed by atoms with van der Waals surface area (Å²) in [4.78, 5) is 9.71. The van der Waals surface area contributed by atoms with Gasteiger partial charge in [-0.15, -0.1) is 9.24 Å². The highest BCUT2D eigenvalue weighted by molar-refractivity contribution is 9.18. The summed E-state index contributed by atoms with van der Waals surface area (Å²) in [5.74, 6) is 0. The molecule has 0 aliphatic heterocycles. The van der Waals surface area contributed by atoms with Crippen LogP contribution in [0.3, 0.4) is 0 Å². The van der Waals surface area contributed by atoms with Crippen molar-refractivity contribution in [3.63, 3.8) is 0 Å². The molecule has 0 saturated carbocycles. The first-order valence-corrected chi connectivity index (χ1v) is 2.76. The van der Waals surface area contributed by atoms with E-state index in [-0.39, 0.29) is 4.69 Å². The molecule has 0 radical (unpaired) electrons. The van der Waals surface area contributed by atoms with Crippen LogP contribution in [0.2, 0.25) is 0 Å². The fourth-order valence-corrected chi connectivity index (χ4v) is 0. The lowest BCUT2D eigenvalue weighted by molar-refractivity contribution is -0.108. The van der Waals surface area contributed by atoms with Crippen LogP contribution in [0.1, 0.15) is 0 Å². The predicted octanol–water partition coefficient (Wildman–Crippen LogP) is 0.783. The Bertz CT molecular complexity index is 44.9. The van der Waals surface area contributed by atoms with Gasteiger partial charge in [0.2, 0.25) is 4.69 Å². The zero-order valence-corrected chi connectivity index (χ0v) is 5.31. The molecule has 0 aliphatic carbocycles. The first kappa shape index (κ1) is 5.58. The van der Waals surface area contributed by atoms with E-state index < -0.39 is 0 Å². The van der Waals surface area contributed by atoms with Gasteiger partial charge in [0.15, 0.2) is 0 Å². The molecule has 0 fully saturated rings. The molecule has 1 atom stereocenters. The molecule has 0 aromatic rings. The zero-order chi connectivity index (χ0) is 4.28. The Kier molecular flexibility index (Phi) is 3.12. The van der Waals surface area contributed by atoms with Crippen LogP contribution in [0, 0.1) is 0 Å². The second kappa shape index (κ2) is 2.80. The van der Waals surface area contributed by atoms with Crippen LogP contribution in [0.15, 0.2) is 0 Å². The first-order chi connectivity index (χ1) is 2.27. The van der Waals surface area contributed by atoms with Gasteiger partial charge >= 0.3 is 0 Å². The van der Waals surface area contributed by atoms with E-state index in [9.17, 15) is 4.79 Å². The van der Waals surface area contributed by atoms with Crippen molar-refractivity contribution in [2.75, 3.05) is 6.16 Å². The lowest BCUT2D eigenvalue weighted by Gasteiger charge is -1.68. The van der Waals surface area contributed by atoms with Crippen LogP contribution < -0.4 is 0 Å². The standard InChI is InChI=1S/C2H4BrOP/c3-2(4)1-5/h1,5H2. The lowest BCUT2D eigenvalue weighted by Crippen LogP contribution is -1.79. The van der Waals surface area contributed by atoms with Crippen LogP contribution >= 0.6 is 25.2 Å². The van der Waals surface area contributed by atoms with E-state index in [0.29, 0.717) is 6.16 Å². The predicted molar refractivity (Wildman–Crippen MR) is 28.5 cm³/mol. The molecule has 0 saturated heterocycles. The van der Waals surface area contributed by atoms with Crippen molar-refractivity contribution in [2.24, 2.45) is 0 Å². The Morgan fingerprint density at radius 1 is 2.00 bits per heavy atom. The van der Waals surface area contributed by atoms with Gasteiger partial charge in [-0.1, -0.05) is 0 Å². The molecule has 1 unspecified atom stereocenters. The summed E-state index contributed by atoms with van der Waals surface area (Å²) in [7, 11) is 2.30. The van der Waals surface area contributed by atoms with Crippen LogP contribution in [0.25, 0.3) is 0 Å². The van der Waals surface area contributed by atoms with Crippen LogP contribution in [0.4, 0.5) is 0 Å². The SMILES string of the molecule is O=C(Br)CP. The maximum atomic E-state index is 9.71. The Morgan fingerprint density at radius 2 is 2.20 bits per heavy atom. The highest BCUT2D eigenvalue weighted by atomic mass is 79.9. The van der Waals surface area contributed by atoms with Crippen molar-refractivity contribution in [2.45, 2.75) is 0 Å². The molecule has 0 aromatic heterocycles. The van der Waals surface area contributed by atoms with Crippen molar-refractivity contribution in [3.05, 3.63) is 0 Å². The second-order valence-electron chi connectivity index (χ2n) is 0.559. The van der Waals surface area contributed by atoms with E-state index in [0.717, 1.165) is 0 Å². The molecule has 30 valence electrons. The highest BCUT2D eigenvalue weighted by Gasteiger charge is 1.80. The molecule has 0 spiro atoms. The van der Waals surface area contributed by atoms with Crippen LogP contribution in [0.5, 0.6) is 0 Å². The van der Waals surface area contributed by atoms with Crippen molar-refractivity contribution in [3.8, 4) is 0 Å². The van der Waals surface area contributed by atoms with E-state index in [1.165, 1.54) is 0 Å². The number of hydrogen-bond acceptors (Lipinski definition) is 1. The fourth-order valence-electron chi connectivity index (χ4n) is 0. The number of rotatable bonds is 1. The van der Waals surface area contributed by atoms with E-state index in [4.69, 9.17) is 0 Å². The molecule has 0 aliphatic rings. The summed E-state index contributed by atoms with van der Waals surface area (Å²) in [6.07, 6.45) is 0.500. The largest absolute Gasteiger partial charge is 0.286 e. The van der Waals surface area contributed by atoms with Crippen molar-refractivity contribution in [1.29, 1.82) is 0 Å². The van der Waals surface area contributed by atoms with E-state index in [2.05, 4.69) is 25.2 Å². The minimum Gasteiger partial charge on any atom is -0.286 e. The summed E-state index contributed by atoms with van der Waals surface area (Å²) in [5, 5.41) is 0. The summed E-state index contributed by atoms with van der Waals surface area (Å²) < 4.78 is 0.0301. The molecule has 0 N–H and O–H groups in total. The van der Waals surface area contributed by atoms with Crippen molar-refractivity contribution in [1.82, 2.24) is 0 Å². The second-order valence-corrected chi connectivity index (χ2v) is 1.85. The zero-order valence-electron chi connectivity index (χ0n) is 2.57. The summed E-state index contributed by atoms with van der Waals surface area (Å²) in [5.41, 5.74) is 0. The van der Waals surface area contributed by atoms with Gasteiger partial charge in [0.1, 0.15) is 0 Å². The number of carbonyl (C=O) groups is 1. The molecule has 0 amide bonds. The Morgan fingerprint density at radius 3 is 2.20 bits per heavy atom. The molecular weight excluding hydrogens is 151 g/mol. The Hall–Kier alpha value is 0.580. The smallest absolute Gasteiger partial charge is 0.201 e. The summed E-state index contributed by atoms with van der Waals surface area (Å²) in [6, 6.07) is 0.